The molecular formula is C68H63N13O11S5. The highest BCUT2D eigenvalue weighted by molar-refractivity contribution is 8.01. The number of H-pyrrole nitrogens is 1. The largest absolute Gasteiger partial charge is 0.496 e. The van der Waals surface area contributed by atoms with Gasteiger partial charge in [0.05, 0.1) is 75.9 Å². The number of methoxy groups -OCH3 is 3. The van der Waals surface area contributed by atoms with E-state index in [9.17, 15) is 33.6 Å². The zero-order valence-electron chi connectivity index (χ0n) is 53.0. The molecule has 0 unspecified atom stereocenters. The lowest BCUT2D eigenvalue weighted by Gasteiger charge is -2.13. The van der Waals surface area contributed by atoms with Gasteiger partial charge in [-0.3, -0.25) is 35.1 Å². The fourth-order valence-corrected chi connectivity index (χ4v) is 13.5. The van der Waals surface area contributed by atoms with Crippen LogP contribution in [-0.4, -0.2) is 102 Å². The minimum atomic E-state index is -0.844. The Morgan fingerprint density at radius 2 is 0.907 bits per heavy atom. The highest BCUT2D eigenvalue weighted by atomic mass is 32.2. The van der Waals surface area contributed by atoms with Gasteiger partial charge in [-0.05, 0) is 130 Å². The van der Waals surface area contributed by atoms with Crippen molar-refractivity contribution in [3.05, 3.63) is 226 Å². The van der Waals surface area contributed by atoms with Crippen molar-refractivity contribution in [2.75, 3.05) is 53.2 Å². The Morgan fingerprint density at radius 3 is 1.30 bits per heavy atom. The van der Waals surface area contributed by atoms with Crippen molar-refractivity contribution < 1.29 is 52.9 Å². The van der Waals surface area contributed by atoms with Crippen LogP contribution in [0.1, 0.15) is 82.2 Å². The number of ketones is 3. The molecule has 0 spiro atoms. The van der Waals surface area contributed by atoms with E-state index in [2.05, 4.69) is 61.8 Å². The number of benzene rings is 6. The third-order valence-electron chi connectivity index (χ3n) is 13.7. The quantitative estimate of drug-likeness (QED) is 0.0276. The number of hydrogen-bond acceptors (Lipinski definition) is 20. The topological polar surface area (TPSA) is 325 Å². The predicted molar refractivity (Wildman–Crippen MR) is 378 cm³/mol. The van der Waals surface area contributed by atoms with Crippen molar-refractivity contribution in [1.82, 2.24) is 34.5 Å². The monoisotopic (exact) mass is 1400 g/mol. The van der Waals surface area contributed by atoms with Gasteiger partial charge in [0.1, 0.15) is 17.2 Å². The number of anilines is 6. The number of aromatic nitrogens is 7. The summed E-state index contributed by atoms with van der Waals surface area (Å²) >= 11 is 6.81. The number of amides is 6. The molecule has 5 heterocycles. The number of carboxylic acids is 1. The minimum absolute atomic E-state index is 0.0809. The normalized spacial score (nSPS) is 10.5. The number of rotatable bonds is 23. The number of aromatic amines is 1. The number of nitrogens with zero attached hydrogens (tertiary/aromatic N) is 6. The molecule has 0 radical (unpaired) electrons. The lowest BCUT2D eigenvalue weighted by Crippen LogP contribution is -2.21. The Labute approximate surface area is 577 Å². The van der Waals surface area contributed by atoms with Gasteiger partial charge >= 0.3 is 24.1 Å². The molecule has 0 bridgehead atoms. The molecule has 0 fully saturated rings. The van der Waals surface area contributed by atoms with Crippen LogP contribution in [0.15, 0.2) is 190 Å². The average Bonchev–Trinajstić information content (AvgIpc) is 1.72. The van der Waals surface area contributed by atoms with Crippen molar-refractivity contribution in [3.8, 4) is 17.2 Å². The first-order valence-corrected chi connectivity index (χ1v) is 33.4. The average molecular weight is 1400 g/mol. The fourth-order valence-electron chi connectivity index (χ4n) is 9.11. The molecule has 8 N–H and O–H groups in total. The van der Waals surface area contributed by atoms with E-state index in [0.717, 1.165) is 40.3 Å². The van der Waals surface area contributed by atoms with Crippen LogP contribution in [0.3, 0.4) is 0 Å². The van der Waals surface area contributed by atoms with Gasteiger partial charge in [0.25, 0.3) is 0 Å². The Bertz CT molecular complexity index is 4620. The van der Waals surface area contributed by atoms with Crippen LogP contribution in [0, 0.1) is 20.8 Å². The van der Waals surface area contributed by atoms with E-state index in [4.69, 9.17) is 19.3 Å². The van der Waals surface area contributed by atoms with Gasteiger partial charge in [0.2, 0.25) is 0 Å². The van der Waals surface area contributed by atoms with Crippen LogP contribution < -0.4 is 46.1 Å². The molecule has 496 valence electrons. The zero-order valence-corrected chi connectivity index (χ0v) is 57.1. The first-order valence-electron chi connectivity index (χ1n) is 29.3. The molecule has 0 aliphatic rings. The number of carboxylic acid groups (broad SMARTS) is 1. The summed E-state index contributed by atoms with van der Waals surface area (Å²) in [6.07, 6.45) is 13.1. The molecule has 11 rings (SSSR count). The van der Waals surface area contributed by atoms with Crippen molar-refractivity contribution in [2.45, 2.75) is 58.8 Å². The number of urea groups is 3. The van der Waals surface area contributed by atoms with Crippen molar-refractivity contribution >= 4 is 131 Å². The molecule has 6 amide bonds. The van der Waals surface area contributed by atoms with E-state index in [1.54, 1.807) is 152 Å². The summed E-state index contributed by atoms with van der Waals surface area (Å²) in [7, 11) is 6.44. The molecule has 97 heavy (non-hydrogen) atoms. The number of ether oxygens (including phenoxy) is 3. The van der Waals surface area contributed by atoms with Gasteiger partial charge in [0, 0.05) is 66.0 Å². The highest BCUT2D eigenvalue weighted by Gasteiger charge is 2.24. The second-order valence-electron chi connectivity index (χ2n) is 20.7. The van der Waals surface area contributed by atoms with Gasteiger partial charge in [-0.15, -0.1) is 11.3 Å². The second-order valence-corrected chi connectivity index (χ2v) is 26.5. The fraction of sp³-hybridized carbons (Fsp3) is 0.147. The maximum Gasteiger partial charge on any atom is 0.325 e. The van der Waals surface area contributed by atoms with Crippen LogP contribution >= 0.6 is 57.5 Å². The summed E-state index contributed by atoms with van der Waals surface area (Å²) < 4.78 is 19.6. The second kappa shape index (κ2) is 33.9. The molecule has 6 aromatic carbocycles. The van der Waals surface area contributed by atoms with Crippen LogP contribution in [0.5, 0.6) is 17.2 Å². The Morgan fingerprint density at radius 1 is 0.495 bits per heavy atom. The summed E-state index contributed by atoms with van der Waals surface area (Å²) in [5, 5.41) is 27.9. The molecule has 11 aromatic rings. The number of hydrogen-bond donors (Lipinski definition) is 8. The number of carbonyl (C=O) groups is 7. The molecule has 0 aliphatic heterocycles. The summed E-state index contributed by atoms with van der Waals surface area (Å²) in [4.78, 5) is 113. The third kappa shape index (κ3) is 19.6. The maximum absolute atomic E-state index is 13.2. The van der Waals surface area contributed by atoms with E-state index in [0.29, 0.717) is 95.9 Å². The minimum Gasteiger partial charge on any atom is -0.496 e. The number of thiazole rings is 3. The summed E-state index contributed by atoms with van der Waals surface area (Å²) in [6.45, 7) is 5.64. The van der Waals surface area contributed by atoms with Gasteiger partial charge in [-0.25, -0.2) is 39.3 Å². The number of aliphatic carboxylic acids is 1. The Hall–Kier alpha value is -11.0. The number of carbonyl (C=O) groups excluding carboxylic acids is 6. The van der Waals surface area contributed by atoms with E-state index in [-0.39, 0.29) is 23.8 Å². The lowest BCUT2D eigenvalue weighted by molar-refractivity contribution is -0.137. The smallest absolute Gasteiger partial charge is 0.325 e. The van der Waals surface area contributed by atoms with Crippen molar-refractivity contribution in [2.24, 2.45) is 7.05 Å². The van der Waals surface area contributed by atoms with Gasteiger partial charge in [0.15, 0.2) is 43.1 Å². The van der Waals surface area contributed by atoms with Gasteiger partial charge < -0.3 is 44.8 Å². The standard InChI is InChI=1S/C23H21N5O3S2.C23H23N3O5S.C22H19N5O3S2/c1-14-8-9-17(16(12-14)20(29)15-6-4-5-7-18(15)31-3)26-21(30)27-22-25-13-19(32-22)33-23-24-10-11-28(23)2;1-14-10-11-18(17(12-14)21(29)16-7-3-4-8-19(16)31-2)25-22(30)26-23-24-13-15(32-23)6-5-9-20(27)28;1-13-7-8-16(15(11-13)19(28)14-5-3-4-6-17(14)30-2)26-20(29)27-22-25-12-18(32-22)31-21-23-9-10-24-21/h4-13H,1-3H3,(H2,25,26,27,30);3-4,7-8,10-13H,5-6,9H2,1-2H3,(H,27,28)(H2,24,25,26,30);3-12H,1-2H3,(H,23,24)(H2,25,26,27,29). The first-order chi connectivity index (χ1) is 46.8. The molecule has 0 atom stereocenters. The number of nitrogens with one attached hydrogen (secondary N) is 7. The van der Waals surface area contributed by atoms with Crippen LogP contribution in [0.4, 0.5) is 46.8 Å². The molecule has 0 aliphatic carbocycles. The molecular weight excluding hydrogens is 1340 g/mol. The van der Waals surface area contributed by atoms with E-state index >= 15 is 0 Å². The van der Waals surface area contributed by atoms with Gasteiger partial charge in [-0.2, -0.15) is 0 Å². The number of imidazole rings is 2. The zero-order chi connectivity index (χ0) is 69.0. The van der Waals surface area contributed by atoms with E-state index in [1.165, 1.54) is 78.9 Å². The predicted octanol–water partition coefficient (Wildman–Crippen LogP) is 15.2. The molecule has 0 saturated carbocycles. The van der Waals surface area contributed by atoms with E-state index in [1.807, 2.05) is 50.7 Å². The van der Waals surface area contributed by atoms with Gasteiger partial charge in [-0.1, -0.05) is 94.0 Å². The first kappa shape index (κ1) is 70.3. The number of para-hydroxylation sites is 3. The van der Waals surface area contributed by atoms with Crippen molar-refractivity contribution in [3.63, 3.8) is 0 Å². The SMILES string of the molecule is COc1ccccc1C(=O)c1cc(C)ccc1NC(=O)Nc1ncc(CCCC(=O)O)s1.COc1ccccc1C(=O)c1cc(C)ccc1NC(=O)Nc1ncc(Sc2ncc[nH]2)s1.COc1ccccc1C(=O)c1cc(C)ccc1NC(=O)Nc1ncc(Sc2nccn2C)s1. The molecule has 0 saturated heterocycles. The summed E-state index contributed by atoms with van der Waals surface area (Å²) in [5.41, 5.74) is 6.16. The Kier molecular flexibility index (Phi) is 24.6. The molecule has 24 nitrogen and oxygen atoms in total. The third-order valence-corrected chi connectivity index (χ3v) is 18.7. The van der Waals surface area contributed by atoms with Crippen molar-refractivity contribution in [1.29, 1.82) is 0 Å². The molecule has 5 aromatic heterocycles. The van der Waals surface area contributed by atoms with Crippen LogP contribution in [0.2, 0.25) is 0 Å². The van der Waals surface area contributed by atoms with E-state index < -0.39 is 24.1 Å². The van der Waals surface area contributed by atoms with Crippen LogP contribution in [0.25, 0.3) is 0 Å². The summed E-state index contributed by atoms with van der Waals surface area (Å²) in [5.74, 6) is -0.200. The maximum atomic E-state index is 13.2. The Balaban J connectivity index is 0.000000171. The molecule has 29 heteroatoms. The number of aryl methyl sites for hydroxylation is 5. The lowest BCUT2D eigenvalue weighted by atomic mass is 9.99. The highest BCUT2D eigenvalue weighted by Crippen LogP contribution is 2.35. The summed E-state index contributed by atoms with van der Waals surface area (Å²) in [6, 6.07) is 35.1. The van der Waals surface area contributed by atoms with Crippen LogP contribution in [-0.2, 0) is 18.3 Å².